The predicted octanol–water partition coefficient (Wildman–Crippen LogP) is 9.07. The van der Waals surface area contributed by atoms with Gasteiger partial charge in [0.2, 0.25) is 5.91 Å². The lowest BCUT2D eigenvalue weighted by Crippen LogP contribution is -2.68. The van der Waals surface area contributed by atoms with Crippen molar-refractivity contribution in [3.8, 4) is 5.75 Å². The topological polar surface area (TPSA) is 161 Å². The number of ether oxygens (including phenoxy) is 3. The molecule has 5 saturated carbocycles. The first-order chi connectivity index (χ1) is 31.2. The van der Waals surface area contributed by atoms with Crippen LogP contribution in [0.5, 0.6) is 5.75 Å². The molecule has 12 nitrogen and oxygen atoms in total. The number of benzene rings is 1. The number of carboxylic acid groups (broad SMARTS) is 1. The third-order valence-corrected chi connectivity index (χ3v) is 20.0. The fourth-order valence-corrected chi connectivity index (χ4v) is 15.8. The standard InChI is InChI=1S/C54H78ClN3O9/c1-31(2)42-37(59)30-54(57-47(64)50(7,8)56-44(60)33-13-12-32(55)28-38(33)66-27-24-58-22-25-65-26-23-58)21-20-52(10)34(43(42)54)14-15-40-51(9)18-17-41(49(5,6)39(51)16-19-53(40,52)11)67-46(63)36-29-35(45(61)62)48(36,3)4/h12-13,28,31,34-36,39-41H,14-27,29-30H2,1-11H3,(H,56,60)(H,57,64)(H,61,62)/t34-,35+,36-,39+,40-,41+,51+,52-,53-,54-/m1/s1. The van der Waals surface area contributed by atoms with Crippen molar-refractivity contribution in [3.63, 3.8) is 0 Å². The summed E-state index contributed by atoms with van der Waals surface area (Å²) in [7, 11) is 0. The van der Waals surface area contributed by atoms with Crippen LogP contribution in [0.1, 0.15) is 151 Å². The quantitative estimate of drug-likeness (QED) is 0.173. The second kappa shape index (κ2) is 17.4. The number of amides is 2. The van der Waals surface area contributed by atoms with Gasteiger partial charge in [-0.15, -0.1) is 0 Å². The van der Waals surface area contributed by atoms with Gasteiger partial charge in [-0.1, -0.05) is 73.9 Å². The van der Waals surface area contributed by atoms with E-state index in [4.69, 9.17) is 25.8 Å². The highest BCUT2D eigenvalue weighted by Gasteiger charge is 2.71. The summed E-state index contributed by atoms with van der Waals surface area (Å²) < 4.78 is 18.0. The Morgan fingerprint density at radius 1 is 0.896 bits per heavy atom. The molecule has 10 atom stereocenters. The first kappa shape index (κ1) is 49.9. The number of fused-ring (bicyclic) bond motifs is 7. The van der Waals surface area contributed by atoms with Crippen LogP contribution in [0.15, 0.2) is 29.3 Å². The normalized spacial score (nSPS) is 36.7. The minimum absolute atomic E-state index is 0.000992. The summed E-state index contributed by atoms with van der Waals surface area (Å²) >= 11 is 6.38. The summed E-state index contributed by atoms with van der Waals surface area (Å²) in [5.41, 5.74) is -0.999. The van der Waals surface area contributed by atoms with Gasteiger partial charge in [0.05, 0.1) is 36.2 Å². The van der Waals surface area contributed by atoms with E-state index < -0.39 is 40.2 Å². The van der Waals surface area contributed by atoms with E-state index in [0.717, 1.165) is 69.2 Å². The molecular weight excluding hydrogens is 870 g/mol. The number of halogens is 1. The highest BCUT2D eigenvalue weighted by atomic mass is 35.5. The number of aliphatic carboxylic acids is 1. The third kappa shape index (κ3) is 8.16. The van der Waals surface area contributed by atoms with Gasteiger partial charge in [0.25, 0.3) is 5.91 Å². The number of nitrogens with zero attached hydrogens (tertiary/aromatic N) is 1. The van der Waals surface area contributed by atoms with Gasteiger partial charge in [-0.2, -0.15) is 0 Å². The van der Waals surface area contributed by atoms with E-state index in [0.29, 0.717) is 61.8 Å². The number of allylic oxidation sites excluding steroid dienone is 1. The van der Waals surface area contributed by atoms with E-state index in [-0.39, 0.29) is 69.2 Å². The predicted molar refractivity (Wildman–Crippen MR) is 257 cm³/mol. The summed E-state index contributed by atoms with van der Waals surface area (Å²) in [6, 6.07) is 4.91. The number of hydrogen-bond acceptors (Lipinski definition) is 9. The van der Waals surface area contributed by atoms with Crippen LogP contribution in [0.4, 0.5) is 0 Å². The zero-order chi connectivity index (χ0) is 48.9. The molecule has 7 aliphatic rings. The Kier molecular flexibility index (Phi) is 13.0. The van der Waals surface area contributed by atoms with Crippen LogP contribution in [0.3, 0.4) is 0 Å². The molecular formula is C54H78ClN3O9. The van der Waals surface area contributed by atoms with E-state index in [9.17, 15) is 29.1 Å². The maximum atomic E-state index is 14.7. The van der Waals surface area contributed by atoms with Crippen LogP contribution in [0.25, 0.3) is 0 Å². The summed E-state index contributed by atoms with van der Waals surface area (Å²) in [5.74, 6) is -1.55. The highest BCUT2D eigenvalue weighted by Crippen LogP contribution is 2.76. The number of hydrogen-bond donors (Lipinski definition) is 3. The summed E-state index contributed by atoms with van der Waals surface area (Å²) in [6.45, 7) is 27.5. The number of ketones is 1. The Labute approximate surface area is 403 Å². The molecule has 6 fully saturated rings. The molecule has 8 rings (SSSR count). The molecule has 0 spiro atoms. The van der Waals surface area contributed by atoms with Crippen molar-refractivity contribution in [1.29, 1.82) is 0 Å². The Balaban J connectivity index is 0.997. The van der Waals surface area contributed by atoms with Crippen LogP contribution < -0.4 is 15.4 Å². The number of carboxylic acids is 1. The van der Waals surface area contributed by atoms with E-state index in [1.807, 2.05) is 13.8 Å². The van der Waals surface area contributed by atoms with Crippen LogP contribution in [-0.2, 0) is 28.7 Å². The van der Waals surface area contributed by atoms with Crippen LogP contribution in [-0.4, -0.2) is 96.2 Å². The maximum Gasteiger partial charge on any atom is 0.309 e. The first-order valence-corrected chi connectivity index (χ1v) is 25.7. The molecule has 1 aliphatic heterocycles. The molecule has 2 amide bonds. The third-order valence-electron chi connectivity index (χ3n) is 19.8. The zero-order valence-corrected chi connectivity index (χ0v) is 42.9. The van der Waals surface area contributed by atoms with Gasteiger partial charge in [-0.25, -0.2) is 0 Å². The lowest BCUT2D eigenvalue weighted by atomic mass is 9.33. The van der Waals surface area contributed by atoms with E-state index in [1.54, 1.807) is 32.0 Å². The Morgan fingerprint density at radius 3 is 2.25 bits per heavy atom. The van der Waals surface area contributed by atoms with Crippen LogP contribution >= 0.6 is 11.6 Å². The summed E-state index contributed by atoms with van der Waals surface area (Å²) in [6.07, 6.45) is 7.46. The van der Waals surface area contributed by atoms with Gasteiger partial charge in [-0.05, 0) is 146 Å². The van der Waals surface area contributed by atoms with Crippen molar-refractivity contribution in [2.24, 2.45) is 62.6 Å². The number of rotatable bonds is 12. The minimum Gasteiger partial charge on any atom is -0.491 e. The van der Waals surface area contributed by atoms with Gasteiger partial charge in [0.1, 0.15) is 24.0 Å². The average Bonchev–Trinajstić information content (AvgIpc) is 3.53. The molecule has 1 aromatic rings. The van der Waals surface area contributed by atoms with Crippen molar-refractivity contribution in [3.05, 3.63) is 39.9 Å². The second-order valence-corrected chi connectivity index (χ2v) is 25.0. The SMILES string of the molecule is CC(C)C1=C2[C@H]3CC[C@@H]4[C@@]5(C)CC[C@H](OC(=O)[C@H]6C[C@@H](C(=O)O)C6(C)C)C(C)(C)[C@@H]5CC[C@@]4(C)[C@]3(C)CC[C@@]2(NC(=O)C(C)(C)NC(=O)c2ccc(Cl)cc2OCCN2CCOCC2)CC1=O. The smallest absolute Gasteiger partial charge is 0.309 e. The molecule has 0 unspecified atom stereocenters. The molecule has 0 aromatic heterocycles. The number of Topliss-reactive ketones (excluding diaryl/α,β-unsaturated/α-hetero) is 1. The number of carbonyl (C=O) groups is 5. The first-order valence-electron chi connectivity index (χ1n) is 25.3. The zero-order valence-electron chi connectivity index (χ0n) is 42.1. The van der Waals surface area contributed by atoms with Crippen molar-refractivity contribution in [2.75, 3.05) is 39.5 Å². The highest BCUT2D eigenvalue weighted by molar-refractivity contribution is 6.30. The van der Waals surface area contributed by atoms with Crippen LogP contribution in [0, 0.1) is 62.6 Å². The van der Waals surface area contributed by atoms with E-state index in [1.165, 1.54) is 0 Å². The molecule has 1 heterocycles. The molecule has 0 bridgehead atoms. The summed E-state index contributed by atoms with van der Waals surface area (Å²) in [4.78, 5) is 71.0. The van der Waals surface area contributed by atoms with Gasteiger partial charge in [0.15, 0.2) is 5.78 Å². The molecule has 3 N–H and O–H groups in total. The molecule has 1 saturated heterocycles. The average molecular weight is 949 g/mol. The molecule has 370 valence electrons. The van der Waals surface area contributed by atoms with E-state index in [2.05, 4.69) is 64.0 Å². The number of carbonyl (C=O) groups excluding carboxylic acids is 4. The lowest BCUT2D eigenvalue weighted by Gasteiger charge is -2.72. The number of esters is 1. The van der Waals surface area contributed by atoms with Gasteiger partial charge >= 0.3 is 11.9 Å². The molecule has 13 heteroatoms. The monoisotopic (exact) mass is 948 g/mol. The van der Waals surface area contributed by atoms with E-state index >= 15 is 0 Å². The lowest BCUT2D eigenvalue weighted by molar-refractivity contribution is -0.235. The minimum atomic E-state index is -1.34. The largest absolute Gasteiger partial charge is 0.491 e. The summed E-state index contributed by atoms with van der Waals surface area (Å²) in [5, 5.41) is 16.6. The van der Waals surface area contributed by atoms with Crippen LogP contribution in [0.2, 0.25) is 5.02 Å². The Hall–Kier alpha value is -3.48. The van der Waals surface area contributed by atoms with Gasteiger partial charge < -0.3 is 30.0 Å². The maximum absolute atomic E-state index is 14.7. The number of nitrogens with one attached hydrogen (secondary N) is 2. The van der Waals surface area contributed by atoms with Crippen molar-refractivity contribution < 1.29 is 43.3 Å². The Bertz CT molecular complexity index is 2210. The van der Waals surface area contributed by atoms with Crippen molar-refractivity contribution >= 4 is 41.1 Å². The fourth-order valence-electron chi connectivity index (χ4n) is 15.6. The molecule has 6 aliphatic carbocycles. The Morgan fingerprint density at radius 2 is 1.60 bits per heavy atom. The molecule has 67 heavy (non-hydrogen) atoms. The van der Waals surface area contributed by atoms with Gasteiger partial charge in [-0.3, -0.25) is 28.9 Å². The van der Waals surface area contributed by atoms with Crippen molar-refractivity contribution in [1.82, 2.24) is 15.5 Å². The second-order valence-electron chi connectivity index (χ2n) is 24.5. The molecule has 1 aromatic carbocycles. The van der Waals surface area contributed by atoms with Crippen molar-refractivity contribution in [2.45, 2.75) is 158 Å². The molecule has 0 radical (unpaired) electrons. The van der Waals surface area contributed by atoms with Gasteiger partial charge in [0, 0.05) is 36.5 Å². The number of morpholine rings is 1. The fraction of sp³-hybridized carbons (Fsp3) is 0.759.